The van der Waals surface area contributed by atoms with E-state index in [9.17, 15) is 4.79 Å². The Morgan fingerprint density at radius 3 is 2.21 bits per heavy atom. The van der Waals surface area contributed by atoms with Crippen LogP contribution in [-0.2, 0) is 0 Å². The molecule has 0 spiro atoms. The third-order valence-corrected chi connectivity index (χ3v) is 7.00. The normalized spacial score (nSPS) is 14.2. The number of nitrogens with one attached hydrogen (secondary N) is 1. The first kappa shape index (κ1) is 23.9. The van der Waals surface area contributed by atoms with Crippen LogP contribution in [0.5, 0.6) is 23.0 Å². The van der Waals surface area contributed by atoms with Crippen molar-refractivity contribution in [1.82, 2.24) is 15.2 Å². The molecule has 10 heteroatoms. The number of anilines is 1. The third kappa shape index (κ3) is 5.13. The Balaban J connectivity index is 1.30. The van der Waals surface area contributed by atoms with E-state index in [4.69, 9.17) is 23.9 Å². The maximum atomic E-state index is 12.6. The number of fused-ring (bicyclic) bond motifs is 1. The quantitative estimate of drug-likeness (QED) is 0.494. The van der Waals surface area contributed by atoms with Crippen molar-refractivity contribution in [2.75, 3.05) is 72.6 Å². The number of amides is 1. The van der Waals surface area contributed by atoms with E-state index in [-0.39, 0.29) is 5.91 Å². The van der Waals surface area contributed by atoms with Gasteiger partial charge in [-0.3, -0.25) is 9.69 Å². The number of ether oxygens (including phenoxy) is 4. The maximum Gasteiger partial charge on any atom is 0.251 e. The van der Waals surface area contributed by atoms with Gasteiger partial charge in [-0.1, -0.05) is 11.3 Å². The average molecular weight is 487 g/mol. The van der Waals surface area contributed by atoms with Gasteiger partial charge in [0.05, 0.1) is 28.4 Å². The molecule has 34 heavy (non-hydrogen) atoms. The van der Waals surface area contributed by atoms with Crippen molar-refractivity contribution in [2.45, 2.75) is 0 Å². The van der Waals surface area contributed by atoms with Crippen molar-refractivity contribution in [3.8, 4) is 23.0 Å². The fourth-order valence-corrected chi connectivity index (χ4v) is 5.07. The van der Waals surface area contributed by atoms with E-state index in [1.165, 1.54) is 0 Å². The largest absolute Gasteiger partial charge is 0.497 e. The van der Waals surface area contributed by atoms with Crippen molar-refractivity contribution < 1.29 is 23.7 Å². The molecule has 4 rings (SSSR count). The van der Waals surface area contributed by atoms with Crippen LogP contribution in [0.25, 0.3) is 10.2 Å². The first-order valence-corrected chi connectivity index (χ1v) is 11.9. The van der Waals surface area contributed by atoms with E-state index in [1.54, 1.807) is 58.0 Å². The van der Waals surface area contributed by atoms with E-state index in [1.807, 2.05) is 12.1 Å². The number of hydrogen-bond acceptors (Lipinski definition) is 9. The molecule has 1 amide bonds. The van der Waals surface area contributed by atoms with Gasteiger partial charge in [-0.2, -0.15) is 0 Å². The highest BCUT2D eigenvalue weighted by molar-refractivity contribution is 7.22. The lowest BCUT2D eigenvalue weighted by Gasteiger charge is -2.34. The van der Waals surface area contributed by atoms with Gasteiger partial charge in [-0.05, 0) is 24.3 Å². The van der Waals surface area contributed by atoms with Crippen LogP contribution in [-0.4, -0.2) is 83.5 Å². The summed E-state index contributed by atoms with van der Waals surface area (Å²) in [6.07, 6.45) is 0. The fraction of sp³-hybridized carbons (Fsp3) is 0.417. The van der Waals surface area contributed by atoms with Crippen molar-refractivity contribution >= 4 is 32.6 Å². The minimum absolute atomic E-state index is 0.145. The van der Waals surface area contributed by atoms with Gasteiger partial charge < -0.3 is 29.2 Å². The van der Waals surface area contributed by atoms with Crippen molar-refractivity contribution in [1.29, 1.82) is 0 Å². The monoisotopic (exact) mass is 486 g/mol. The van der Waals surface area contributed by atoms with Gasteiger partial charge in [0.1, 0.15) is 33.2 Å². The highest BCUT2D eigenvalue weighted by Gasteiger charge is 2.22. The minimum atomic E-state index is -0.145. The predicted molar refractivity (Wildman–Crippen MR) is 133 cm³/mol. The molecule has 0 aliphatic carbocycles. The van der Waals surface area contributed by atoms with E-state index >= 15 is 0 Å². The Morgan fingerprint density at radius 2 is 1.59 bits per heavy atom. The number of methoxy groups -OCH3 is 4. The molecule has 1 aliphatic rings. The zero-order valence-corrected chi connectivity index (χ0v) is 20.7. The van der Waals surface area contributed by atoms with E-state index in [2.05, 4.69) is 15.1 Å². The number of benzene rings is 2. The van der Waals surface area contributed by atoms with Crippen LogP contribution in [0.4, 0.5) is 5.13 Å². The van der Waals surface area contributed by atoms with E-state index in [0.717, 1.165) is 59.6 Å². The van der Waals surface area contributed by atoms with E-state index < -0.39 is 0 Å². The van der Waals surface area contributed by atoms with Crippen LogP contribution in [0, 0.1) is 0 Å². The molecule has 9 nitrogen and oxygen atoms in total. The smallest absolute Gasteiger partial charge is 0.251 e. The van der Waals surface area contributed by atoms with Gasteiger partial charge in [0.2, 0.25) is 0 Å². The summed E-state index contributed by atoms with van der Waals surface area (Å²) in [5, 5.41) is 3.96. The molecular formula is C24H30N4O5S. The molecular weight excluding hydrogens is 456 g/mol. The van der Waals surface area contributed by atoms with Gasteiger partial charge >= 0.3 is 0 Å². The molecule has 0 atom stereocenters. The number of carbonyl (C=O) groups is 1. The number of piperazine rings is 1. The Kier molecular flexibility index (Phi) is 7.59. The zero-order valence-electron chi connectivity index (χ0n) is 19.9. The second kappa shape index (κ2) is 10.8. The molecule has 1 aromatic heterocycles. The summed E-state index contributed by atoms with van der Waals surface area (Å²) in [7, 11) is 6.46. The van der Waals surface area contributed by atoms with Crippen molar-refractivity contribution in [3.05, 3.63) is 35.9 Å². The highest BCUT2D eigenvalue weighted by Crippen LogP contribution is 2.40. The first-order chi connectivity index (χ1) is 16.6. The molecule has 2 aromatic carbocycles. The Morgan fingerprint density at radius 1 is 0.941 bits per heavy atom. The fourth-order valence-electron chi connectivity index (χ4n) is 3.94. The summed E-state index contributed by atoms with van der Waals surface area (Å²) in [6.45, 7) is 4.87. The highest BCUT2D eigenvalue weighted by atomic mass is 32.1. The van der Waals surface area contributed by atoms with E-state index in [0.29, 0.717) is 23.6 Å². The average Bonchev–Trinajstić information content (AvgIpc) is 3.33. The SMILES string of the molecule is COc1cc(OC)cc(C(=O)NCCN2CCN(c3nc4c(OC)ccc(OC)c4s3)CC2)c1. The molecule has 182 valence electrons. The molecule has 1 saturated heterocycles. The molecule has 0 radical (unpaired) electrons. The summed E-state index contributed by atoms with van der Waals surface area (Å²) in [5.41, 5.74) is 1.35. The van der Waals surface area contributed by atoms with Crippen molar-refractivity contribution in [3.63, 3.8) is 0 Å². The lowest BCUT2D eigenvalue weighted by atomic mass is 10.2. The number of hydrogen-bond donors (Lipinski definition) is 1. The molecule has 0 bridgehead atoms. The summed E-state index contributed by atoms with van der Waals surface area (Å²) in [4.78, 5) is 22.0. The zero-order chi connectivity index (χ0) is 24.1. The lowest BCUT2D eigenvalue weighted by Crippen LogP contribution is -2.48. The Hall–Kier alpha value is -3.24. The predicted octanol–water partition coefficient (Wildman–Crippen LogP) is 2.88. The van der Waals surface area contributed by atoms with Crippen molar-refractivity contribution in [2.24, 2.45) is 0 Å². The number of nitrogens with zero attached hydrogens (tertiary/aromatic N) is 3. The van der Waals surface area contributed by atoms with Gasteiger partial charge in [0, 0.05) is 50.9 Å². The van der Waals surface area contributed by atoms with Crippen LogP contribution in [0.1, 0.15) is 10.4 Å². The molecule has 1 fully saturated rings. The molecule has 1 N–H and O–H groups in total. The minimum Gasteiger partial charge on any atom is -0.497 e. The van der Waals surface area contributed by atoms with Crippen LogP contribution in [0.3, 0.4) is 0 Å². The molecule has 2 heterocycles. The van der Waals surface area contributed by atoms with Crippen LogP contribution in [0.15, 0.2) is 30.3 Å². The standard InChI is InChI=1S/C24H30N4O5S/c1-30-17-13-16(14-18(15-17)31-2)23(29)25-7-8-27-9-11-28(12-10-27)24-26-21-19(32-3)5-6-20(33-4)22(21)34-24/h5-6,13-15H,7-12H2,1-4H3,(H,25,29). The molecule has 1 aliphatic heterocycles. The number of aromatic nitrogens is 1. The molecule has 0 saturated carbocycles. The van der Waals surface area contributed by atoms with Gasteiger partial charge in [0.15, 0.2) is 5.13 Å². The summed E-state index contributed by atoms with van der Waals surface area (Å²) in [5.74, 6) is 2.59. The van der Waals surface area contributed by atoms with Gasteiger partial charge in [0.25, 0.3) is 5.91 Å². The Bertz CT molecular complexity index is 1080. The van der Waals surface area contributed by atoms with Gasteiger partial charge in [-0.15, -0.1) is 0 Å². The summed E-state index contributed by atoms with van der Waals surface area (Å²) in [6, 6.07) is 8.96. The second-order valence-corrected chi connectivity index (χ2v) is 8.81. The topological polar surface area (TPSA) is 85.4 Å². The first-order valence-electron chi connectivity index (χ1n) is 11.1. The number of rotatable bonds is 9. The number of thiazole rings is 1. The summed E-state index contributed by atoms with van der Waals surface area (Å²) >= 11 is 1.62. The lowest BCUT2D eigenvalue weighted by molar-refractivity contribution is 0.0947. The van der Waals surface area contributed by atoms with Gasteiger partial charge in [-0.25, -0.2) is 4.98 Å². The van der Waals surface area contributed by atoms with Crippen LogP contribution in [0.2, 0.25) is 0 Å². The Labute approximate surface area is 203 Å². The van der Waals surface area contributed by atoms with Crippen LogP contribution < -0.4 is 29.2 Å². The molecule has 0 unspecified atom stereocenters. The third-order valence-electron chi connectivity index (χ3n) is 5.87. The van der Waals surface area contributed by atoms with Crippen LogP contribution >= 0.6 is 11.3 Å². The number of carbonyl (C=O) groups excluding carboxylic acids is 1. The summed E-state index contributed by atoms with van der Waals surface area (Å²) < 4.78 is 22.5. The molecule has 3 aromatic rings. The maximum absolute atomic E-state index is 12.6. The second-order valence-electron chi connectivity index (χ2n) is 7.83.